The van der Waals surface area contributed by atoms with Crippen LogP contribution in [-0.4, -0.2) is 62.9 Å². The molecule has 0 radical (unpaired) electrons. The van der Waals surface area contributed by atoms with Gasteiger partial charge in [0.15, 0.2) is 0 Å². The predicted molar refractivity (Wildman–Crippen MR) is 79.7 cm³/mol. The summed E-state index contributed by atoms with van der Waals surface area (Å²) in [4.78, 5) is 14.4. The van der Waals surface area contributed by atoms with E-state index in [9.17, 15) is 4.79 Å². The van der Waals surface area contributed by atoms with Gasteiger partial charge in [0.1, 0.15) is 6.04 Å². The van der Waals surface area contributed by atoms with Crippen LogP contribution >= 0.6 is 0 Å². The Morgan fingerprint density at radius 1 is 1.45 bits per heavy atom. The molecule has 1 rings (SSSR count). The monoisotopic (exact) mass is 286 g/mol. The summed E-state index contributed by atoms with van der Waals surface area (Å²) in [7, 11) is 1.75. The van der Waals surface area contributed by atoms with E-state index in [2.05, 4.69) is 24.1 Å². The van der Waals surface area contributed by atoms with Crippen molar-refractivity contribution in [3.05, 3.63) is 0 Å². The smallest absolute Gasteiger partial charge is 0.324 e. The standard InChI is InChI=1S/C15H30N2O3/c1-5-20-15(18)14(16-12(2)3)10-17-8-6-7-13(9-17)11-19-4/h12-14,16H,5-11H2,1-4H3. The van der Waals surface area contributed by atoms with Crippen molar-refractivity contribution in [2.24, 2.45) is 5.92 Å². The normalized spacial score (nSPS) is 21.9. The Balaban J connectivity index is 2.52. The van der Waals surface area contributed by atoms with Crippen LogP contribution in [0.25, 0.3) is 0 Å². The molecule has 0 aromatic heterocycles. The number of carbonyl (C=O) groups is 1. The first-order chi connectivity index (χ1) is 9.56. The maximum atomic E-state index is 12.0. The third-order valence-corrected chi connectivity index (χ3v) is 3.55. The van der Waals surface area contributed by atoms with Crippen LogP contribution in [0.4, 0.5) is 0 Å². The van der Waals surface area contributed by atoms with Gasteiger partial charge in [-0.05, 0) is 32.2 Å². The Kier molecular flexibility index (Phi) is 8.11. The summed E-state index contributed by atoms with van der Waals surface area (Å²) in [5.41, 5.74) is 0. The molecular formula is C15H30N2O3. The second kappa shape index (κ2) is 9.32. The van der Waals surface area contributed by atoms with Gasteiger partial charge in [0.05, 0.1) is 13.2 Å². The maximum absolute atomic E-state index is 12.0. The first kappa shape index (κ1) is 17.4. The minimum absolute atomic E-state index is 0.143. The van der Waals surface area contributed by atoms with Crippen LogP contribution in [0.5, 0.6) is 0 Å². The number of methoxy groups -OCH3 is 1. The van der Waals surface area contributed by atoms with Crippen LogP contribution in [0.15, 0.2) is 0 Å². The number of hydrogen-bond donors (Lipinski definition) is 1. The molecule has 0 spiro atoms. The molecular weight excluding hydrogens is 256 g/mol. The van der Waals surface area contributed by atoms with Gasteiger partial charge in [-0.3, -0.25) is 4.79 Å². The molecule has 1 N–H and O–H groups in total. The molecule has 5 nitrogen and oxygen atoms in total. The zero-order valence-corrected chi connectivity index (χ0v) is 13.4. The minimum Gasteiger partial charge on any atom is -0.465 e. The highest BCUT2D eigenvalue weighted by molar-refractivity contribution is 5.76. The first-order valence-electron chi connectivity index (χ1n) is 7.70. The SMILES string of the molecule is CCOC(=O)C(CN1CCCC(COC)C1)NC(C)C. The number of ether oxygens (including phenoxy) is 2. The van der Waals surface area contributed by atoms with Crippen LogP contribution in [-0.2, 0) is 14.3 Å². The van der Waals surface area contributed by atoms with Gasteiger partial charge in [-0.15, -0.1) is 0 Å². The summed E-state index contributed by atoms with van der Waals surface area (Å²) in [5, 5.41) is 3.31. The molecule has 20 heavy (non-hydrogen) atoms. The number of likely N-dealkylation sites (tertiary alicyclic amines) is 1. The maximum Gasteiger partial charge on any atom is 0.324 e. The highest BCUT2D eigenvalue weighted by Gasteiger charge is 2.27. The second-order valence-corrected chi connectivity index (χ2v) is 5.85. The molecule has 2 unspecified atom stereocenters. The Morgan fingerprint density at radius 3 is 2.80 bits per heavy atom. The van der Waals surface area contributed by atoms with Crippen molar-refractivity contribution >= 4 is 5.97 Å². The van der Waals surface area contributed by atoms with E-state index in [1.807, 2.05) is 6.92 Å². The number of nitrogens with one attached hydrogen (secondary N) is 1. The van der Waals surface area contributed by atoms with E-state index >= 15 is 0 Å². The number of hydrogen-bond acceptors (Lipinski definition) is 5. The van der Waals surface area contributed by atoms with E-state index in [1.165, 1.54) is 12.8 Å². The van der Waals surface area contributed by atoms with E-state index in [1.54, 1.807) is 7.11 Å². The average Bonchev–Trinajstić information content (AvgIpc) is 2.38. The summed E-state index contributed by atoms with van der Waals surface area (Å²) < 4.78 is 10.4. The minimum atomic E-state index is -0.240. The lowest BCUT2D eigenvalue weighted by molar-refractivity contribution is -0.146. The molecule has 1 fully saturated rings. The van der Waals surface area contributed by atoms with E-state index in [0.717, 1.165) is 26.2 Å². The molecule has 2 atom stereocenters. The van der Waals surface area contributed by atoms with Crippen molar-refractivity contribution in [2.75, 3.05) is 40.0 Å². The van der Waals surface area contributed by atoms with E-state index < -0.39 is 0 Å². The van der Waals surface area contributed by atoms with Gasteiger partial charge in [-0.25, -0.2) is 0 Å². The Morgan fingerprint density at radius 2 is 2.20 bits per heavy atom. The average molecular weight is 286 g/mol. The molecule has 0 bridgehead atoms. The van der Waals surface area contributed by atoms with E-state index in [-0.39, 0.29) is 18.1 Å². The molecule has 1 aliphatic heterocycles. The predicted octanol–water partition coefficient (Wildman–Crippen LogP) is 1.27. The van der Waals surface area contributed by atoms with Gasteiger partial charge in [-0.1, -0.05) is 13.8 Å². The number of esters is 1. The molecule has 0 aliphatic carbocycles. The Bertz CT molecular complexity index is 282. The van der Waals surface area contributed by atoms with Gasteiger partial charge in [0.25, 0.3) is 0 Å². The largest absolute Gasteiger partial charge is 0.465 e. The van der Waals surface area contributed by atoms with Gasteiger partial charge >= 0.3 is 5.97 Å². The number of rotatable bonds is 8. The van der Waals surface area contributed by atoms with Gasteiger partial charge in [-0.2, -0.15) is 0 Å². The van der Waals surface area contributed by atoms with Crippen LogP contribution in [0.1, 0.15) is 33.6 Å². The molecule has 1 heterocycles. The molecule has 1 saturated heterocycles. The zero-order valence-electron chi connectivity index (χ0n) is 13.4. The lowest BCUT2D eigenvalue weighted by atomic mass is 9.98. The fourth-order valence-corrected chi connectivity index (χ4v) is 2.79. The fourth-order valence-electron chi connectivity index (χ4n) is 2.79. The van der Waals surface area contributed by atoms with Crippen molar-refractivity contribution in [1.29, 1.82) is 0 Å². The molecule has 0 aromatic rings. The molecule has 118 valence electrons. The summed E-state index contributed by atoms with van der Waals surface area (Å²) in [6, 6.07) is 0.0280. The second-order valence-electron chi connectivity index (χ2n) is 5.85. The van der Waals surface area contributed by atoms with Gasteiger partial charge < -0.3 is 19.7 Å². The van der Waals surface area contributed by atoms with Crippen LogP contribution in [0.2, 0.25) is 0 Å². The summed E-state index contributed by atoms with van der Waals surface area (Å²) in [6.07, 6.45) is 2.39. The number of carbonyl (C=O) groups excluding carboxylic acids is 1. The van der Waals surface area contributed by atoms with E-state index in [0.29, 0.717) is 12.5 Å². The van der Waals surface area contributed by atoms with Crippen molar-refractivity contribution < 1.29 is 14.3 Å². The Labute approximate surface area is 123 Å². The Hall–Kier alpha value is -0.650. The number of piperidine rings is 1. The van der Waals surface area contributed by atoms with Gasteiger partial charge in [0, 0.05) is 26.2 Å². The lowest BCUT2D eigenvalue weighted by Crippen LogP contribution is -2.51. The molecule has 5 heteroatoms. The lowest BCUT2D eigenvalue weighted by Gasteiger charge is -2.34. The fraction of sp³-hybridized carbons (Fsp3) is 0.933. The van der Waals surface area contributed by atoms with E-state index in [4.69, 9.17) is 9.47 Å². The van der Waals surface area contributed by atoms with Crippen molar-refractivity contribution in [3.8, 4) is 0 Å². The van der Waals surface area contributed by atoms with Crippen molar-refractivity contribution in [1.82, 2.24) is 10.2 Å². The summed E-state index contributed by atoms with van der Waals surface area (Å²) in [6.45, 7) is 9.96. The molecule has 0 aromatic carbocycles. The third kappa shape index (κ3) is 6.20. The first-order valence-corrected chi connectivity index (χ1v) is 7.70. The summed E-state index contributed by atoms with van der Waals surface area (Å²) in [5.74, 6) is 0.436. The highest BCUT2D eigenvalue weighted by atomic mass is 16.5. The number of nitrogens with zero attached hydrogens (tertiary/aromatic N) is 1. The van der Waals surface area contributed by atoms with Crippen LogP contribution in [0, 0.1) is 5.92 Å². The van der Waals surface area contributed by atoms with Gasteiger partial charge in [0.2, 0.25) is 0 Å². The van der Waals surface area contributed by atoms with Crippen molar-refractivity contribution in [2.45, 2.75) is 45.7 Å². The van der Waals surface area contributed by atoms with Crippen LogP contribution < -0.4 is 5.32 Å². The molecule has 1 aliphatic rings. The summed E-state index contributed by atoms with van der Waals surface area (Å²) >= 11 is 0. The zero-order chi connectivity index (χ0) is 15.0. The highest BCUT2D eigenvalue weighted by Crippen LogP contribution is 2.17. The topological polar surface area (TPSA) is 50.8 Å². The molecule has 0 amide bonds. The quantitative estimate of drug-likeness (QED) is 0.681. The molecule has 0 saturated carbocycles. The van der Waals surface area contributed by atoms with Crippen LogP contribution in [0.3, 0.4) is 0 Å². The third-order valence-electron chi connectivity index (χ3n) is 3.55. The van der Waals surface area contributed by atoms with Crippen molar-refractivity contribution in [3.63, 3.8) is 0 Å².